The van der Waals surface area contributed by atoms with Crippen LogP contribution in [0.1, 0.15) is 54.8 Å². The van der Waals surface area contributed by atoms with Crippen molar-refractivity contribution in [1.82, 2.24) is 9.80 Å². The number of benzene rings is 2. The van der Waals surface area contributed by atoms with Crippen molar-refractivity contribution >= 4 is 17.7 Å². The van der Waals surface area contributed by atoms with E-state index >= 15 is 0 Å². The zero-order valence-corrected chi connectivity index (χ0v) is 20.4. The normalized spacial score (nSPS) is 19.7. The standard InChI is InChI=1S/C28H33N3O4/c1-34-26-11-10-22(18-27(26)35-2)23(19-29)17-20-6-8-21(9-7-20)25-5-3-4-14-31(25)24-12-15-30(16-13-24)28(32)33/h6-11,17-18,24-25H,3-5,12-16H2,1-2H3,(H,32,33)/b23-17+. The molecule has 0 aromatic heterocycles. The zero-order chi connectivity index (χ0) is 24.8. The summed E-state index contributed by atoms with van der Waals surface area (Å²) in [6.45, 7) is 2.28. The summed E-state index contributed by atoms with van der Waals surface area (Å²) in [5.74, 6) is 1.22. The molecule has 184 valence electrons. The average molecular weight is 476 g/mol. The maximum atomic E-state index is 11.3. The van der Waals surface area contributed by atoms with E-state index in [4.69, 9.17) is 9.47 Å². The van der Waals surface area contributed by atoms with Crippen LogP contribution in [0.3, 0.4) is 0 Å². The van der Waals surface area contributed by atoms with Crippen LogP contribution in [0.2, 0.25) is 0 Å². The molecule has 2 aliphatic rings. The minimum absolute atomic E-state index is 0.351. The molecule has 1 amide bonds. The lowest BCUT2D eigenvalue weighted by Gasteiger charge is -2.44. The van der Waals surface area contributed by atoms with Gasteiger partial charge in [0.05, 0.1) is 25.9 Å². The molecule has 35 heavy (non-hydrogen) atoms. The van der Waals surface area contributed by atoms with Crippen molar-refractivity contribution in [1.29, 1.82) is 5.26 Å². The number of carbonyl (C=O) groups is 1. The number of piperidine rings is 2. The number of hydrogen-bond acceptors (Lipinski definition) is 5. The van der Waals surface area contributed by atoms with Crippen molar-refractivity contribution < 1.29 is 19.4 Å². The maximum absolute atomic E-state index is 11.3. The van der Waals surface area contributed by atoms with E-state index in [9.17, 15) is 15.2 Å². The van der Waals surface area contributed by atoms with Gasteiger partial charge < -0.3 is 19.5 Å². The van der Waals surface area contributed by atoms with Crippen LogP contribution in [0.5, 0.6) is 11.5 Å². The number of carboxylic acid groups (broad SMARTS) is 1. The molecule has 2 aliphatic heterocycles. The van der Waals surface area contributed by atoms with Crippen LogP contribution in [0, 0.1) is 11.3 Å². The van der Waals surface area contributed by atoms with E-state index in [-0.39, 0.29) is 0 Å². The van der Waals surface area contributed by atoms with Gasteiger partial charge in [-0.25, -0.2) is 4.79 Å². The number of nitriles is 1. The van der Waals surface area contributed by atoms with Gasteiger partial charge in [0.2, 0.25) is 0 Å². The van der Waals surface area contributed by atoms with Crippen molar-refractivity contribution in [2.45, 2.75) is 44.2 Å². The van der Waals surface area contributed by atoms with Crippen LogP contribution in [0.4, 0.5) is 4.79 Å². The Labute approximate surface area is 207 Å². The van der Waals surface area contributed by atoms with Crippen molar-refractivity contribution in [3.8, 4) is 17.6 Å². The van der Waals surface area contributed by atoms with E-state index in [0.29, 0.717) is 42.2 Å². The van der Waals surface area contributed by atoms with Crippen LogP contribution in [0.15, 0.2) is 42.5 Å². The molecule has 0 saturated carbocycles. The molecule has 1 atom stereocenters. The highest BCUT2D eigenvalue weighted by atomic mass is 16.5. The first kappa shape index (κ1) is 24.6. The first-order valence-electron chi connectivity index (χ1n) is 12.2. The lowest BCUT2D eigenvalue weighted by molar-refractivity contribution is 0.0497. The molecular formula is C28H33N3O4. The van der Waals surface area contributed by atoms with Crippen molar-refractivity contribution in [2.24, 2.45) is 0 Å². The molecule has 0 spiro atoms. The Kier molecular flexibility index (Phi) is 7.94. The van der Waals surface area contributed by atoms with Gasteiger partial charge in [0.15, 0.2) is 11.5 Å². The fraction of sp³-hybridized carbons (Fsp3) is 0.429. The largest absolute Gasteiger partial charge is 0.493 e. The molecule has 1 N–H and O–H groups in total. The van der Waals surface area contributed by atoms with Gasteiger partial charge in [0.1, 0.15) is 0 Å². The first-order chi connectivity index (χ1) is 17.0. The summed E-state index contributed by atoms with van der Waals surface area (Å²) in [5, 5.41) is 19.1. The maximum Gasteiger partial charge on any atom is 0.407 e. The van der Waals surface area contributed by atoms with Gasteiger partial charge >= 0.3 is 6.09 Å². The molecule has 2 heterocycles. The number of nitrogens with zero attached hydrogens (tertiary/aromatic N) is 3. The Bertz CT molecular complexity index is 1100. The number of ether oxygens (including phenoxy) is 2. The molecule has 2 aromatic rings. The lowest BCUT2D eigenvalue weighted by Crippen LogP contribution is -2.48. The smallest absolute Gasteiger partial charge is 0.407 e. The molecule has 0 radical (unpaired) electrons. The topological polar surface area (TPSA) is 86.0 Å². The van der Waals surface area contributed by atoms with E-state index in [2.05, 4.69) is 35.2 Å². The predicted molar refractivity (Wildman–Crippen MR) is 135 cm³/mol. The molecule has 1 unspecified atom stereocenters. The number of amides is 1. The summed E-state index contributed by atoms with van der Waals surface area (Å²) in [7, 11) is 3.17. The van der Waals surface area contributed by atoms with Crippen LogP contribution in [0.25, 0.3) is 11.6 Å². The van der Waals surface area contributed by atoms with Crippen LogP contribution in [-0.4, -0.2) is 60.9 Å². The summed E-state index contributed by atoms with van der Waals surface area (Å²) in [6.07, 6.45) is 6.37. The molecule has 7 heteroatoms. The number of hydrogen-bond donors (Lipinski definition) is 1. The summed E-state index contributed by atoms with van der Waals surface area (Å²) < 4.78 is 10.7. The minimum Gasteiger partial charge on any atom is -0.493 e. The Morgan fingerprint density at radius 1 is 1.00 bits per heavy atom. The molecule has 2 fully saturated rings. The van der Waals surface area contributed by atoms with Gasteiger partial charge in [0, 0.05) is 25.2 Å². The highest BCUT2D eigenvalue weighted by molar-refractivity contribution is 5.90. The fourth-order valence-corrected chi connectivity index (χ4v) is 5.30. The minimum atomic E-state index is -0.813. The molecule has 0 bridgehead atoms. The van der Waals surface area contributed by atoms with Crippen LogP contribution >= 0.6 is 0 Å². The van der Waals surface area contributed by atoms with E-state index in [1.807, 2.05) is 18.2 Å². The van der Waals surface area contributed by atoms with Gasteiger partial charge in [-0.15, -0.1) is 0 Å². The fourth-order valence-electron chi connectivity index (χ4n) is 5.30. The van der Waals surface area contributed by atoms with Crippen molar-refractivity contribution in [2.75, 3.05) is 33.9 Å². The Balaban J connectivity index is 1.51. The molecule has 2 aromatic carbocycles. The Hall–Kier alpha value is -3.50. The van der Waals surface area contributed by atoms with Crippen LogP contribution < -0.4 is 9.47 Å². The van der Waals surface area contributed by atoms with Crippen molar-refractivity contribution in [3.63, 3.8) is 0 Å². The van der Waals surface area contributed by atoms with E-state index in [1.54, 1.807) is 20.3 Å². The van der Waals surface area contributed by atoms with Gasteiger partial charge in [-0.2, -0.15) is 5.26 Å². The lowest BCUT2D eigenvalue weighted by atomic mass is 9.90. The summed E-state index contributed by atoms with van der Waals surface area (Å²) in [4.78, 5) is 15.4. The van der Waals surface area contributed by atoms with Gasteiger partial charge in [-0.1, -0.05) is 30.7 Å². The van der Waals surface area contributed by atoms with E-state index in [0.717, 1.165) is 36.9 Å². The first-order valence-corrected chi connectivity index (χ1v) is 12.2. The summed E-state index contributed by atoms with van der Waals surface area (Å²) >= 11 is 0. The monoisotopic (exact) mass is 475 g/mol. The van der Waals surface area contributed by atoms with E-state index in [1.165, 1.54) is 23.3 Å². The third-order valence-electron chi connectivity index (χ3n) is 7.20. The third-order valence-corrected chi connectivity index (χ3v) is 7.20. The number of allylic oxidation sites excluding steroid dienone is 1. The number of likely N-dealkylation sites (tertiary alicyclic amines) is 2. The van der Waals surface area contributed by atoms with E-state index < -0.39 is 6.09 Å². The molecule has 2 saturated heterocycles. The van der Waals surface area contributed by atoms with Gasteiger partial charge in [-0.3, -0.25) is 4.90 Å². The zero-order valence-electron chi connectivity index (χ0n) is 20.4. The highest BCUT2D eigenvalue weighted by Crippen LogP contribution is 2.36. The molecule has 0 aliphatic carbocycles. The second kappa shape index (κ2) is 11.3. The molecule has 4 rings (SSSR count). The second-order valence-corrected chi connectivity index (χ2v) is 9.16. The third kappa shape index (κ3) is 5.60. The Morgan fingerprint density at radius 3 is 2.34 bits per heavy atom. The number of rotatable bonds is 6. The average Bonchev–Trinajstić information content (AvgIpc) is 2.91. The van der Waals surface area contributed by atoms with Gasteiger partial charge in [-0.05, 0) is 73.2 Å². The summed E-state index contributed by atoms with van der Waals surface area (Å²) in [5.41, 5.74) is 3.59. The number of methoxy groups -OCH3 is 2. The molecule has 7 nitrogen and oxygen atoms in total. The summed E-state index contributed by atoms with van der Waals surface area (Å²) in [6, 6.07) is 17.1. The second-order valence-electron chi connectivity index (χ2n) is 9.16. The van der Waals surface area contributed by atoms with Crippen molar-refractivity contribution in [3.05, 3.63) is 59.2 Å². The Morgan fingerprint density at radius 2 is 1.71 bits per heavy atom. The quantitative estimate of drug-likeness (QED) is 0.442. The molecular weight excluding hydrogens is 442 g/mol. The SMILES string of the molecule is COc1ccc(/C(C#N)=C/c2ccc(C3CCCCN3C3CCN(C(=O)O)CC3)cc2)cc1OC. The highest BCUT2D eigenvalue weighted by Gasteiger charge is 2.33. The van der Waals surface area contributed by atoms with Crippen LogP contribution in [-0.2, 0) is 0 Å². The predicted octanol–water partition coefficient (Wildman–Crippen LogP) is 5.44. The van der Waals surface area contributed by atoms with Gasteiger partial charge in [0.25, 0.3) is 0 Å².